The summed E-state index contributed by atoms with van der Waals surface area (Å²) in [6.07, 6.45) is 1.47. The zero-order chi connectivity index (χ0) is 23.9. The Hall–Kier alpha value is -2.39. The fraction of sp³-hybridized carbons (Fsp3) is 0.391. The molecule has 2 aromatic rings. The van der Waals surface area contributed by atoms with Crippen LogP contribution in [0.15, 0.2) is 53.0 Å². The van der Waals surface area contributed by atoms with Crippen LogP contribution in [-0.4, -0.2) is 50.5 Å². The van der Waals surface area contributed by atoms with E-state index in [-0.39, 0.29) is 12.5 Å². The number of hydrogen-bond donors (Lipinski definition) is 1. The minimum Gasteiger partial charge on any atom is -0.355 e. The molecule has 32 heavy (non-hydrogen) atoms. The molecule has 1 unspecified atom stereocenters. The third kappa shape index (κ3) is 6.80. The van der Waals surface area contributed by atoms with Gasteiger partial charge in [-0.3, -0.25) is 13.9 Å². The molecule has 1 N–H and O–H groups in total. The van der Waals surface area contributed by atoms with Crippen LogP contribution >= 0.6 is 15.9 Å². The van der Waals surface area contributed by atoms with Gasteiger partial charge in [0, 0.05) is 17.6 Å². The van der Waals surface area contributed by atoms with Crippen LogP contribution in [0.4, 0.5) is 5.69 Å². The Kier molecular flexibility index (Phi) is 9.27. The Bertz CT molecular complexity index is 1040. The van der Waals surface area contributed by atoms with Crippen LogP contribution in [0.1, 0.15) is 31.4 Å². The first kappa shape index (κ1) is 25.9. The monoisotopic (exact) mass is 523 g/mol. The Morgan fingerprint density at radius 1 is 1.06 bits per heavy atom. The highest BCUT2D eigenvalue weighted by Crippen LogP contribution is 2.22. The first-order chi connectivity index (χ1) is 15.1. The van der Waals surface area contributed by atoms with Crippen molar-refractivity contribution >= 4 is 43.5 Å². The van der Waals surface area contributed by atoms with Gasteiger partial charge < -0.3 is 10.2 Å². The topological polar surface area (TPSA) is 86.8 Å². The third-order valence-corrected chi connectivity index (χ3v) is 6.80. The van der Waals surface area contributed by atoms with Crippen molar-refractivity contribution in [3.8, 4) is 0 Å². The zero-order valence-electron chi connectivity index (χ0n) is 18.8. The molecule has 9 heteroatoms. The lowest BCUT2D eigenvalue weighted by Crippen LogP contribution is -2.52. The maximum atomic E-state index is 13.5. The van der Waals surface area contributed by atoms with E-state index in [1.807, 2.05) is 45.0 Å². The van der Waals surface area contributed by atoms with Crippen molar-refractivity contribution in [3.63, 3.8) is 0 Å². The number of carbonyl (C=O) groups is 2. The lowest BCUT2D eigenvalue weighted by atomic mass is 10.1. The summed E-state index contributed by atoms with van der Waals surface area (Å²) in [4.78, 5) is 27.7. The van der Waals surface area contributed by atoms with E-state index in [4.69, 9.17) is 0 Å². The number of halogens is 1. The van der Waals surface area contributed by atoms with E-state index in [0.717, 1.165) is 26.2 Å². The van der Waals surface area contributed by atoms with E-state index in [1.165, 1.54) is 4.90 Å². The summed E-state index contributed by atoms with van der Waals surface area (Å²) >= 11 is 3.33. The summed E-state index contributed by atoms with van der Waals surface area (Å²) in [7, 11) is -3.73. The van der Waals surface area contributed by atoms with Gasteiger partial charge in [0.2, 0.25) is 21.8 Å². The predicted octanol–water partition coefficient (Wildman–Crippen LogP) is 3.47. The number of anilines is 1. The molecule has 0 aliphatic carbocycles. The summed E-state index contributed by atoms with van der Waals surface area (Å²) in [5.41, 5.74) is 2.27. The summed E-state index contributed by atoms with van der Waals surface area (Å²) in [5, 5.41) is 2.78. The first-order valence-electron chi connectivity index (χ1n) is 10.4. The van der Waals surface area contributed by atoms with E-state index in [9.17, 15) is 18.0 Å². The van der Waals surface area contributed by atoms with E-state index in [0.29, 0.717) is 18.7 Å². The predicted molar refractivity (Wildman–Crippen MR) is 131 cm³/mol. The molecule has 0 fully saturated rings. The minimum atomic E-state index is -3.73. The van der Waals surface area contributed by atoms with Crippen LogP contribution in [-0.2, 0) is 26.2 Å². The Morgan fingerprint density at radius 3 is 2.22 bits per heavy atom. The highest BCUT2D eigenvalue weighted by atomic mass is 79.9. The van der Waals surface area contributed by atoms with Gasteiger partial charge in [0.25, 0.3) is 0 Å². The smallest absolute Gasteiger partial charge is 0.244 e. The van der Waals surface area contributed by atoms with Gasteiger partial charge in [0.15, 0.2) is 0 Å². The molecule has 0 saturated carbocycles. The van der Waals surface area contributed by atoms with Gasteiger partial charge in [-0.15, -0.1) is 0 Å². The molecule has 0 radical (unpaired) electrons. The summed E-state index contributed by atoms with van der Waals surface area (Å²) in [6, 6.07) is 13.6. The molecule has 7 nitrogen and oxygen atoms in total. The normalized spacial score (nSPS) is 12.2. The quantitative estimate of drug-likeness (QED) is 0.516. The number of likely N-dealkylation sites (N-methyl/N-ethyl adjacent to an activating group) is 1. The molecule has 1 atom stereocenters. The van der Waals surface area contributed by atoms with Gasteiger partial charge in [-0.05, 0) is 55.7 Å². The van der Waals surface area contributed by atoms with Crippen LogP contribution in [0, 0.1) is 6.92 Å². The molecule has 0 bridgehead atoms. The van der Waals surface area contributed by atoms with Crippen LogP contribution < -0.4 is 9.62 Å². The second-order valence-electron chi connectivity index (χ2n) is 7.51. The van der Waals surface area contributed by atoms with E-state index in [1.54, 1.807) is 24.3 Å². The highest BCUT2D eigenvalue weighted by molar-refractivity contribution is 9.10. The number of aryl methyl sites for hydroxylation is 1. The van der Waals surface area contributed by atoms with Crippen LogP contribution in [0.3, 0.4) is 0 Å². The van der Waals surface area contributed by atoms with E-state index < -0.39 is 28.5 Å². The largest absolute Gasteiger partial charge is 0.355 e. The van der Waals surface area contributed by atoms with Crippen LogP contribution in [0.25, 0.3) is 0 Å². The van der Waals surface area contributed by atoms with Crippen molar-refractivity contribution in [3.05, 3.63) is 64.1 Å². The second-order valence-corrected chi connectivity index (χ2v) is 10.3. The van der Waals surface area contributed by atoms with E-state index in [2.05, 4.69) is 21.2 Å². The average Bonchev–Trinajstić information content (AvgIpc) is 2.73. The first-order valence-corrected chi connectivity index (χ1v) is 13.1. The molecular formula is C23H30BrN3O4S. The molecular weight excluding hydrogens is 494 g/mol. The van der Waals surface area contributed by atoms with Crippen molar-refractivity contribution in [1.82, 2.24) is 10.2 Å². The highest BCUT2D eigenvalue weighted by Gasteiger charge is 2.31. The van der Waals surface area contributed by atoms with Gasteiger partial charge in [-0.1, -0.05) is 47.1 Å². The van der Waals surface area contributed by atoms with Crippen LogP contribution in [0.5, 0.6) is 0 Å². The number of benzene rings is 2. The second kappa shape index (κ2) is 11.5. The van der Waals surface area contributed by atoms with Crippen molar-refractivity contribution in [2.45, 2.75) is 39.8 Å². The van der Waals surface area contributed by atoms with Gasteiger partial charge in [0.1, 0.15) is 12.6 Å². The summed E-state index contributed by atoms with van der Waals surface area (Å²) in [6.45, 7) is 5.84. The average molecular weight is 524 g/mol. The Balaban J connectivity index is 2.43. The number of hydrogen-bond acceptors (Lipinski definition) is 4. The number of nitrogens with zero attached hydrogens (tertiary/aromatic N) is 2. The number of carbonyl (C=O) groups excluding carboxylic acids is 2. The summed E-state index contributed by atoms with van der Waals surface area (Å²) < 4.78 is 26.9. The molecule has 2 aromatic carbocycles. The Morgan fingerprint density at radius 2 is 1.69 bits per heavy atom. The number of nitrogens with one attached hydrogen (secondary N) is 1. The van der Waals surface area contributed by atoms with Gasteiger partial charge in [-0.2, -0.15) is 0 Å². The number of sulfonamides is 1. The molecule has 2 rings (SSSR count). The molecule has 0 aromatic heterocycles. The van der Waals surface area contributed by atoms with Crippen molar-refractivity contribution in [1.29, 1.82) is 0 Å². The maximum absolute atomic E-state index is 13.5. The maximum Gasteiger partial charge on any atom is 0.244 e. The molecule has 0 heterocycles. The number of rotatable bonds is 10. The lowest BCUT2D eigenvalue weighted by molar-refractivity contribution is -0.140. The van der Waals surface area contributed by atoms with E-state index >= 15 is 0 Å². The fourth-order valence-corrected chi connectivity index (χ4v) is 4.52. The standard InChI is InChI=1S/C23H30BrN3O4S/c1-5-21(23(29)25-6-2)26(15-18-10-8-7-9-17(18)3)22(28)16-27(32(4,30)31)20-13-11-19(24)12-14-20/h7-14,21H,5-6,15-16H2,1-4H3,(H,25,29). The zero-order valence-corrected chi connectivity index (χ0v) is 21.2. The van der Waals surface area contributed by atoms with Crippen molar-refractivity contribution < 1.29 is 18.0 Å². The van der Waals surface area contributed by atoms with Gasteiger partial charge in [-0.25, -0.2) is 8.42 Å². The summed E-state index contributed by atoms with van der Waals surface area (Å²) in [5.74, 6) is -0.703. The SMILES string of the molecule is CCNC(=O)C(CC)N(Cc1ccccc1C)C(=O)CN(c1ccc(Br)cc1)S(C)(=O)=O. The molecule has 0 aliphatic heterocycles. The molecule has 0 spiro atoms. The van der Waals surface area contributed by atoms with Crippen molar-refractivity contribution in [2.24, 2.45) is 0 Å². The Labute approximate surface area is 199 Å². The fourth-order valence-electron chi connectivity index (χ4n) is 3.40. The molecule has 2 amide bonds. The van der Waals surface area contributed by atoms with Crippen LogP contribution in [0.2, 0.25) is 0 Å². The van der Waals surface area contributed by atoms with Gasteiger partial charge >= 0.3 is 0 Å². The molecule has 174 valence electrons. The number of amides is 2. The lowest BCUT2D eigenvalue weighted by Gasteiger charge is -2.33. The third-order valence-electron chi connectivity index (χ3n) is 5.13. The molecule has 0 aliphatic rings. The van der Waals surface area contributed by atoms with Crippen molar-refractivity contribution in [2.75, 3.05) is 23.7 Å². The minimum absolute atomic E-state index is 0.207. The molecule has 0 saturated heterocycles. The van der Waals surface area contributed by atoms with Gasteiger partial charge in [0.05, 0.1) is 11.9 Å².